The van der Waals surface area contributed by atoms with Crippen molar-refractivity contribution in [3.8, 4) is 0 Å². The molecule has 0 spiro atoms. The second kappa shape index (κ2) is 12.0. The minimum Gasteiger partial charge on any atom is -0.456 e. The second-order valence-corrected chi connectivity index (χ2v) is 7.39. The molecule has 3 amide bonds. The lowest BCUT2D eigenvalue weighted by molar-refractivity contribution is -0.148. The van der Waals surface area contributed by atoms with Gasteiger partial charge in [0.25, 0.3) is 5.91 Å². The van der Waals surface area contributed by atoms with E-state index >= 15 is 0 Å². The van der Waals surface area contributed by atoms with E-state index in [4.69, 9.17) is 16.3 Å². The van der Waals surface area contributed by atoms with Gasteiger partial charge in [0.15, 0.2) is 6.61 Å². The van der Waals surface area contributed by atoms with Crippen LogP contribution in [-0.4, -0.2) is 30.3 Å². The number of hydrogen-bond donors (Lipinski definition) is 2. The molecule has 0 aliphatic heterocycles. The Balaban J connectivity index is 1.54. The van der Waals surface area contributed by atoms with Crippen LogP contribution in [0.1, 0.15) is 18.4 Å². The molecule has 0 aromatic heterocycles. The van der Waals surface area contributed by atoms with Crippen molar-refractivity contribution in [3.63, 3.8) is 0 Å². The standard InChI is InChI=1S/C20H21ClN2O4S/c21-16-8-10-17(11-9-16)28-12-4-7-19(25)27-14-18(24)23-20(26)22-13-15-5-2-1-3-6-15/h1-3,5-6,8-11H,4,7,12-14H2,(H2,22,23,24,26). The van der Waals surface area contributed by atoms with Crippen LogP contribution in [0.25, 0.3) is 0 Å². The number of rotatable bonds is 9. The molecule has 0 fully saturated rings. The van der Waals surface area contributed by atoms with Gasteiger partial charge in [-0.1, -0.05) is 41.9 Å². The minimum atomic E-state index is -0.672. The van der Waals surface area contributed by atoms with Gasteiger partial charge in [-0.05, 0) is 42.0 Å². The summed E-state index contributed by atoms with van der Waals surface area (Å²) in [5, 5.41) is 5.35. The van der Waals surface area contributed by atoms with Crippen LogP contribution in [0.4, 0.5) is 4.79 Å². The molecule has 0 radical (unpaired) electrons. The van der Waals surface area contributed by atoms with E-state index in [0.29, 0.717) is 18.0 Å². The Kier molecular flexibility index (Phi) is 9.37. The maximum Gasteiger partial charge on any atom is 0.321 e. The van der Waals surface area contributed by atoms with Crippen LogP contribution in [0, 0.1) is 0 Å². The average molecular weight is 421 g/mol. The van der Waals surface area contributed by atoms with Gasteiger partial charge < -0.3 is 10.1 Å². The van der Waals surface area contributed by atoms with Gasteiger partial charge in [0.2, 0.25) is 0 Å². The first-order chi connectivity index (χ1) is 13.5. The van der Waals surface area contributed by atoms with E-state index in [1.54, 1.807) is 11.8 Å². The van der Waals surface area contributed by atoms with E-state index in [9.17, 15) is 14.4 Å². The molecule has 0 aliphatic carbocycles. The molecule has 0 saturated heterocycles. The summed E-state index contributed by atoms with van der Waals surface area (Å²) in [6.45, 7) is -0.188. The number of carbonyl (C=O) groups is 3. The number of esters is 1. The third-order valence-electron chi connectivity index (χ3n) is 3.52. The number of amides is 3. The number of urea groups is 1. The maximum atomic E-state index is 11.7. The molecule has 2 rings (SSSR count). The summed E-state index contributed by atoms with van der Waals surface area (Å²) < 4.78 is 4.88. The highest BCUT2D eigenvalue weighted by Crippen LogP contribution is 2.21. The highest BCUT2D eigenvalue weighted by molar-refractivity contribution is 7.99. The SMILES string of the molecule is O=C(COC(=O)CCCSc1ccc(Cl)cc1)NC(=O)NCc1ccccc1. The summed E-state index contributed by atoms with van der Waals surface area (Å²) in [5.74, 6) is -0.406. The van der Waals surface area contributed by atoms with E-state index in [-0.39, 0.29) is 6.42 Å². The normalized spacial score (nSPS) is 10.2. The molecule has 2 N–H and O–H groups in total. The van der Waals surface area contributed by atoms with Crippen LogP contribution < -0.4 is 10.6 Å². The Morgan fingerprint density at radius 1 is 1.00 bits per heavy atom. The number of ether oxygens (including phenoxy) is 1. The molecule has 0 unspecified atom stereocenters. The maximum absolute atomic E-state index is 11.7. The number of imide groups is 1. The van der Waals surface area contributed by atoms with Crippen LogP contribution in [0.2, 0.25) is 5.02 Å². The van der Waals surface area contributed by atoms with Crippen molar-refractivity contribution in [1.82, 2.24) is 10.6 Å². The van der Waals surface area contributed by atoms with Crippen molar-refractivity contribution in [2.45, 2.75) is 24.3 Å². The Morgan fingerprint density at radius 2 is 1.71 bits per heavy atom. The van der Waals surface area contributed by atoms with E-state index < -0.39 is 24.5 Å². The van der Waals surface area contributed by atoms with Crippen molar-refractivity contribution < 1.29 is 19.1 Å². The number of nitrogens with one attached hydrogen (secondary N) is 2. The predicted octanol–water partition coefficient (Wildman–Crippen LogP) is 3.78. The summed E-state index contributed by atoms with van der Waals surface area (Å²) in [6, 6.07) is 16.1. The summed E-state index contributed by atoms with van der Waals surface area (Å²) >= 11 is 7.43. The van der Waals surface area contributed by atoms with Gasteiger partial charge >= 0.3 is 12.0 Å². The van der Waals surface area contributed by atoms with E-state index in [0.717, 1.165) is 16.2 Å². The van der Waals surface area contributed by atoms with E-state index in [1.807, 2.05) is 54.6 Å². The van der Waals surface area contributed by atoms with Crippen molar-refractivity contribution in [1.29, 1.82) is 0 Å². The zero-order chi connectivity index (χ0) is 20.2. The van der Waals surface area contributed by atoms with Gasteiger partial charge in [0, 0.05) is 22.9 Å². The van der Waals surface area contributed by atoms with Crippen molar-refractivity contribution in [2.24, 2.45) is 0 Å². The lowest BCUT2D eigenvalue weighted by Gasteiger charge is -2.07. The van der Waals surface area contributed by atoms with Crippen LogP contribution in [0.15, 0.2) is 59.5 Å². The Bertz CT molecular complexity index is 785. The van der Waals surface area contributed by atoms with Gasteiger partial charge in [-0.3, -0.25) is 14.9 Å². The third kappa shape index (κ3) is 8.92. The summed E-state index contributed by atoms with van der Waals surface area (Å²) in [6.07, 6.45) is 0.819. The Labute approximate surface area is 173 Å². The molecule has 28 heavy (non-hydrogen) atoms. The summed E-state index contributed by atoms with van der Waals surface area (Å²) in [7, 11) is 0. The molecule has 0 heterocycles. The zero-order valence-corrected chi connectivity index (χ0v) is 16.7. The van der Waals surface area contributed by atoms with Gasteiger partial charge in [0.1, 0.15) is 0 Å². The number of benzene rings is 2. The lowest BCUT2D eigenvalue weighted by Crippen LogP contribution is -2.41. The van der Waals surface area contributed by atoms with Gasteiger partial charge in [-0.25, -0.2) is 4.79 Å². The number of thioether (sulfide) groups is 1. The first-order valence-electron chi connectivity index (χ1n) is 8.68. The van der Waals surface area contributed by atoms with Crippen molar-refractivity contribution in [2.75, 3.05) is 12.4 Å². The highest BCUT2D eigenvalue weighted by Gasteiger charge is 2.10. The summed E-state index contributed by atoms with van der Waals surface area (Å²) in [4.78, 5) is 36.0. The molecule has 8 heteroatoms. The van der Waals surface area contributed by atoms with Crippen LogP contribution in [0.3, 0.4) is 0 Å². The fraction of sp³-hybridized carbons (Fsp3) is 0.250. The molecule has 0 atom stereocenters. The average Bonchev–Trinajstić information content (AvgIpc) is 2.70. The van der Waals surface area contributed by atoms with E-state index in [2.05, 4.69) is 10.6 Å². The molecular weight excluding hydrogens is 400 g/mol. The first-order valence-corrected chi connectivity index (χ1v) is 10.0. The van der Waals surface area contributed by atoms with Crippen LogP contribution in [-0.2, 0) is 20.9 Å². The van der Waals surface area contributed by atoms with Gasteiger partial charge in [-0.15, -0.1) is 11.8 Å². The topological polar surface area (TPSA) is 84.5 Å². The second-order valence-electron chi connectivity index (χ2n) is 5.78. The smallest absolute Gasteiger partial charge is 0.321 e. The molecule has 0 bridgehead atoms. The molecular formula is C20H21ClN2O4S. The first kappa shape index (κ1) is 21.8. The largest absolute Gasteiger partial charge is 0.456 e. The van der Waals surface area contributed by atoms with Gasteiger partial charge in [0.05, 0.1) is 0 Å². The highest BCUT2D eigenvalue weighted by atomic mass is 35.5. The van der Waals surface area contributed by atoms with E-state index in [1.165, 1.54) is 0 Å². The monoisotopic (exact) mass is 420 g/mol. The molecule has 0 saturated carbocycles. The van der Waals surface area contributed by atoms with Crippen LogP contribution in [0.5, 0.6) is 0 Å². The number of carbonyl (C=O) groups excluding carboxylic acids is 3. The fourth-order valence-corrected chi connectivity index (χ4v) is 3.12. The molecule has 6 nitrogen and oxygen atoms in total. The predicted molar refractivity (Wildman–Crippen MR) is 109 cm³/mol. The van der Waals surface area contributed by atoms with Crippen LogP contribution >= 0.6 is 23.4 Å². The molecule has 2 aromatic carbocycles. The lowest BCUT2D eigenvalue weighted by atomic mass is 10.2. The Hall–Kier alpha value is -2.51. The Morgan fingerprint density at radius 3 is 2.43 bits per heavy atom. The minimum absolute atomic E-state index is 0.202. The molecule has 2 aromatic rings. The number of halogens is 1. The third-order valence-corrected chi connectivity index (χ3v) is 4.87. The molecule has 148 valence electrons. The number of hydrogen-bond acceptors (Lipinski definition) is 5. The van der Waals surface area contributed by atoms with Gasteiger partial charge in [-0.2, -0.15) is 0 Å². The molecule has 0 aliphatic rings. The zero-order valence-electron chi connectivity index (χ0n) is 15.2. The quantitative estimate of drug-likeness (QED) is 0.366. The fourth-order valence-electron chi connectivity index (χ4n) is 2.14. The van der Waals surface area contributed by atoms with Crippen molar-refractivity contribution >= 4 is 41.3 Å². The summed E-state index contributed by atoms with van der Waals surface area (Å²) in [5.41, 5.74) is 0.910. The van der Waals surface area contributed by atoms with Crippen molar-refractivity contribution in [3.05, 3.63) is 65.2 Å².